The molecule has 0 N–H and O–H groups in total. The smallest absolute Gasteiger partial charge is 0.132 e. The zero-order valence-electron chi connectivity index (χ0n) is 8.96. The molecule has 0 aromatic carbocycles. The van der Waals surface area contributed by atoms with Crippen LogP contribution in [0.1, 0.15) is 39.0 Å². The first-order valence-electron chi connectivity index (χ1n) is 5.54. The highest BCUT2D eigenvalue weighted by atomic mass is 32.2. The fourth-order valence-corrected chi connectivity index (χ4v) is 2.71. The quantitative estimate of drug-likeness (QED) is 0.638. The van der Waals surface area contributed by atoms with Crippen LogP contribution >= 0.6 is 11.8 Å². The highest BCUT2D eigenvalue weighted by molar-refractivity contribution is 7.99. The molecule has 1 saturated heterocycles. The van der Waals surface area contributed by atoms with E-state index in [9.17, 15) is 4.79 Å². The molecule has 0 saturated carbocycles. The van der Waals surface area contributed by atoms with E-state index in [0.717, 1.165) is 37.1 Å². The van der Waals surface area contributed by atoms with Gasteiger partial charge in [-0.2, -0.15) is 11.8 Å². The summed E-state index contributed by atoms with van der Waals surface area (Å²) in [4.78, 5) is 11.0. The van der Waals surface area contributed by atoms with Crippen molar-refractivity contribution < 1.29 is 9.53 Å². The van der Waals surface area contributed by atoms with Gasteiger partial charge in [0.25, 0.3) is 0 Å². The van der Waals surface area contributed by atoms with E-state index in [1.54, 1.807) is 0 Å². The maximum absolute atomic E-state index is 11.0. The Morgan fingerprint density at radius 1 is 1.43 bits per heavy atom. The lowest BCUT2D eigenvalue weighted by Gasteiger charge is -2.21. The Morgan fingerprint density at radius 3 is 2.79 bits per heavy atom. The fraction of sp³-hybridized carbons (Fsp3) is 0.909. The molecule has 1 fully saturated rings. The third-order valence-corrected chi connectivity index (χ3v) is 3.98. The summed E-state index contributed by atoms with van der Waals surface area (Å²) in [6.45, 7) is 3.78. The fourth-order valence-electron chi connectivity index (χ4n) is 1.54. The molecule has 82 valence electrons. The predicted molar refractivity (Wildman–Crippen MR) is 60.8 cm³/mol. The third kappa shape index (κ3) is 5.01. The van der Waals surface area contributed by atoms with Crippen LogP contribution in [0.25, 0.3) is 0 Å². The van der Waals surface area contributed by atoms with Gasteiger partial charge in [0.05, 0.1) is 0 Å². The van der Waals surface area contributed by atoms with Crippen LogP contribution in [0, 0.1) is 0 Å². The van der Waals surface area contributed by atoms with Crippen molar-refractivity contribution in [2.45, 2.75) is 44.3 Å². The van der Waals surface area contributed by atoms with Crippen LogP contribution in [0.4, 0.5) is 0 Å². The Balaban J connectivity index is 1.94. The van der Waals surface area contributed by atoms with Crippen molar-refractivity contribution in [3.8, 4) is 0 Å². The van der Waals surface area contributed by atoms with Crippen molar-refractivity contribution in [2.75, 3.05) is 19.0 Å². The minimum Gasteiger partial charge on any atom is -0.381 e. The van der Waals surface area contributed by atoms with Crippen molar-refractivity contribution in [2.24, 2.45) is 0 Å². The molecule has 0 amide bonds. The highest BCUT2D eigenvalue weighted by Gasteiger charge is 2.13. The molecule has 0 bridgehead atoms. The maximum Gasteiger partial charge on any atom is 0.132 e. The van der Waals surface area contributed by atoms with E-state index in [4.69, 9.17) is 4.74 Å². The minimum atomic E-state index is 0.401. The van der Waals surface area contributed by atoms with E-state index in [2.05, 4.69) is 0 Å². The van der Waals surface area contributed by atoms with Crippen LogP contribution in [-0.4, -0.2) is 30.0 Å². The summed E-state index contributed by atoms with van der Waals surface area (Å²) >= 11 is 2.02. The normalized spacial score (nSPS) is 18.4. The molecule has 0 radical (unpaired) electrons. The lowest BCUT2D eigenvalue weighted by molar-refractivity contribution is -0.118. The van der Waals surface area contributed by atoms with Crippen LogP contribution in [0.3, 0.4) is 0 Å². The minimum absolute atomic E-state index is 0.401. The van der Waals surface area contributed by atoms with Gasteiger partial charge in [-0.05, 0) is 25.0 Å². The number of rotatable bonds is 6. The third-order valence-electron chi connectivity index (χ3n) is 2.52. The van der Waals surface area contributed by atoms with E-state index in [1.165, 1.54) is 12.8 Å². The summed E-state index contributed by atoms with van der Waals surface area (Å²) in [5.74, 6) is 1.54. The van der Waals surface area contributed by atoms with Gasteiger partial charge in [-0.3, -0.25) is 4.79 Å². The van der Waals surface area contributed by atoms with Crippen molar-refractivity contribution in [3.63, 3.8) is 0 Å². The number of thioether (sulfide) groups is 1. The van der Waals surface area contributed by atoms with Crippen molar-refractivity contribution in [3.05, 3.63) is 0 Å². The van der Waals surface area contributed by atoms with E-state index >= 15 is 0 Å². The second kappa shape index (κ2) is 7.30. The molecule has 0 atom stereocenters. The molecule has 0 aromatic rings. The molecule has 1 aliphatic rings. The molecule has 0 aromatic heterocycles. The molecule has 0 unspecified atom stereocenters. The standard InChI is InChI=1S/C11H20O2S/c1-2-10(12)4-3-9-14-11-5-7-13-8-6-11/h11H,2-9H2,1H3. The molecule has 0 aliphatic carbocycles. The van der Waals surface area contributed by atoms with Gasteiger partial charge >= 0.3 is 0 Å². The largest absolute Gasteiger partial charge is 0.381 e. The topological polar surface area (TPSA) is 26.3 Å². The van der Waals surface area contributed by atoms with Gasteiger partial charge in [0.1, 0.15) is 5.78 Å². The van der Waals surface area contributed by atoms with Crippen LogP contribution in [0.2, 0.25) is 0 Å². The summed E-state index contributed by atoms with van der Waals surface area (Å²) in [7, 11) is 0. The highest BCUT2D eigenvalue weighted by Crippen LogP contribution is 2.22. The molecular formula is C11H20O2S. The van der Waals surface area contributed by atoms with E-state index in [1.807, 2.05) is 18.7 Å². The summed E-state index contributed by atoms with van der Waals surface area (Å²) in [6.07, 6.45) is 4.89. The average molecular weight is 216 g/mol. The average Bonchev–Trinajstić information content (AvgIpc) is 2.25. The number of hydrogen-bond acceptors (Lipinski definition) is 3. The molecule has 1 heterocycles. The lowest BCUT2D eigenvalue weighted by atomic mass is 10.2. The van der Waals surface area contributed by atoms with Gasteiger partial charge in [-0.1, -0.05) is 6.92 Å². The van der Waals surface area contributed by atoms with E-state index < -0.39 is 0 Å². The van der Waals surface area contributed by atoms with Gasteiger partial charge < -0.3 is 4.74 Å². The molecule has 0 spiro atoms. The van der Waals surface area contributed by atoms with Crippen LogP contribution < -0.4 is 0 Å². The SMILES string of the molecule is CCC(=O)CCCSC1CCOCC1. The molecule has 1 rings (SSSR count). The van der Waals surface area contributed by atoms with Gasteiger partial charge in [0.2, 0.25) is 0 Å². The van der Waals surface area contributed by atoms with E-state index in [-0.39, 0.29) is 0 Å². The van der Waals surface area contributed by atoms with Crippen LogP contribution in [-0.2, 0) is 9.53 Å². The summed E-state index contributed by atoms with van der Waals surface area (Å²) in [6, 6.07) is 0. The number of carbonyl (C=O) groups is 1. The summed E-state index contributed by atoms with van der Waals surface area (Å²) in [5, 5.41) is 0.778. The zero-order valence-corrected chi connectivity index (χ0v) is 9.78. The predicted octanol–water partition coefficient (Wildman–Crippen LogP) is 2.66. The number of ether oxygens (including phenoxy) is 1. The van der Waals surface area contributed by atoms with Crippen molar-refractivity contribution in [1.29, 1.82) is 0 Å². The number of Topliss-reactive ketones (excluding diaryl/α,β-unsaturated/α-hetero) is 1. The maximum atomic E-state index is 11.0. The van der Waals surface area contributed by atoms with Crippen molar-refractivity contribution in [1.82, 2.24) is 0 Å². The van der Waals surface area contributed by atoms with Crippen LogP contribution in [0.15, 0.2) is 0 Å². The molecule has 2 nitrogen and oxygen atoms in total. The first-order valence-corrected chi connectivity index (χ1v) is 6.59. The second-order valence-electron chi connectivity index (χ2n) is 3.68. The summed E-state index contributed by atoms with van der Waals surface area (Å²) < 4.78 is 5.29. The number of ketones is 1. The first kappa shape index (κ1) is 12.1. The molecule has 1 aliphatic heterocycles. The van der Waals surface area contributed by atoms with Crippen molar-refractivity contribution >= 4 is 17.5 Å². The lowest BCUT2D eigenvalue weighted by Crippen LogP contribution is -2.17. The van der Waals surface area contributed by atoms with Crippen LogP contribution in [0.5, 0.6) is 0 Å². The Bertz CT molecular complexity index is 165. The Hall–Kier alpha value is -0.0200. The monoisotopic (exact) mass is 216 g/mol. The molecule has 3 heteroatoms. The van der Waals surface area contributed by atoms with Gasteiger partial charge in [-0.15, -0.1) is 0 Å². The van der Waals surface area contributed by atoms with E-state index in [0.29, 0.717) is 12.2 Å². The Morgan fingerprint density at radius 2 is 2.14 bits per heavy atom. The first-order chi connectivity index (χ1) is 6.83. The second-order valence-corrected chi connectivity index (χ2v) is 5.09. The Kier molecular flexibility index (Phi) is 6.28. The number of hydrogen-bond donors (Lipinski definition) is 0. The zero-order chi connectivity index (χ0) is 10.2. The van der Waals surface area contributed by atoms with Gasteiger partial charge in [-0.25, -0.2) is 0 Å². The number of carbonyl (C=O) groups excluding carboxylic acids is 1. The molecular weight excluding hydrogens is 196 g/mol. The molecule has 14 heavy (non-hydrogen) atoms. The van der Waals surface area contributed by atoms with Gasteiger partial charge in [0, 0.05) is 31.3 Å². The Labute approximate surface area is 90.8 Å². The summed E-state index contributed by atoms with van der Waals surface area (Å²) in [5.41, 5.74) is 0. The van der Waals surface area contributed by atoms with Gasteiger partial charge in [0.15, 0.2) is 0 Å².